The topological polar surface area (TPSA) is 102 Å². The minimum Gasteiger partial charge on any atom is -0.452 e. The first-order valence-corrected chi connectivity index (χ1v) is 11.0. The number of amides is 1. The molecule has 1 atom stereocenters. The summed E-state index contributed by atoms with van der Waals surface area (Å²) in [6, 6.07) is 3.81. The van der Waals surface area contributed by atoms with Crippen molar-refractivity contribution in [1.29, 1.82) is 0 Å². The highest BCUT2D eigenvalue weighted by molar-refractivity contribution is 7.89. The van der Waals surface area contributed by atoms with Crippen LogP contribution in [0.25, 0.3) is 0 Å². The fourth-order valence-corrected chi connectivity index (χ4v) is 4.39. The zero-order valence-electron chi connectivity index (χ0n) is 15.9. The minimum absolute atomic E-state index is 0.00533. The summed E-state index contributed by atoms with van der Waals surface area (Å²) in [4.78, 5) is 25.5. The van der Waals surface area contributed by atoms with Crippen molar-refractivity contribution in [3.63, 3.8) is 0 Å². The summed E-state index contributed by atoms with van der Waals surface area (Å²) in [6.45, 7) is 4.99. The van der Waals surface area contributed by atoms with E-state index in [4.69, 9.17) is 21.1 Å². The van der Waals surface area contributed by atoms with Gasteiger partial charge in [-0.2, -0.15) is 0 Å². The maximum atomic E-state index is 12.6. The Morgan fingerprint density at radius 1 is 1.32 bits per heavy atom. The molecule has 156 valence electrons. The normalized spacial score (nSPS) is 16.8. The molecule has 1 aromatic rings. The van der Waals surface area contributed by atoms with Crippen molar-refractivity contribution in [2.75, 3.05) is 32.8 Å². The molecule has 1 saturated heterocycles. The van der Waals surface area contributed by atoms with Gasteiger partial charge in [0.2, 0.25) is 10.0 Å². The SMILES string of the molecule is CCN(CC)C(=O)COC(=O)c1ccc(Cl)c(S(=O)(=O)NCC2CCCO2)c1. The van der Waals surface area contributed by atoms with Crippen molar-refractivity contribution in [3.8, 4) is 0 Å². The van der Waals surface area contributed by atoms with Gasteiger partial charge in [-0.25, -0.2) is 17.9 Å². The lowest BCUT2D eigenvalue weighted by Gasteiger charge is -2.18. The van der Waals surface area contributed by atoms with Gasteiger partial charge in [0.25, 0.3) is 5.91 Å². The molecule has 1 aliphatic rings. The van der Waals surface area contributed by atoms with Crippen molar-refractivity contribution < 1.29 is 27.5 Å². The molecule has 1 N–H and O–H groups in total. The van der Waals surface area contributed by atoms with Crippen LogP contribution in [0.5, 0.6) is 0 Å². The number of hydrogen-bond acceptors (Lipinski definition) is 6. The molecule has 1 unspecified atom stereocenters. The predicted octanol–water partition coefficient (Wildman–Crippen LogP) is 1.82. The molecule has 0 saturated carbocycles. The number of halogens is 1. The standard InChI is InChI=1S/C18H25ClN2O6S/c1-3-21(4-2)17(22)12-27-18(23)13-7-8-15(19)16(10-13)28(24,25)20-11-14-6-5-9-26-14/h7-8,10,14,20H,3-6,9,11-12H2,1-2H3. The smallest absolute Gasteiger partial charge is 0.338 e. The molecule has 0 radical (unpaired) electrons. The molecule has 0 aromatic heterocycles. The number of ether oxygens (including phenoxy) is 2. The maximum absolute atomic E-state index is 12.6. The number of sulfonamides is 1. The van der Waals surface area contributed by atoms with E-state index in [1.165, 1.54) is 17.0 Å². The van der Waals surface area contributed by atoms with Crippen LogP contribution in [-0.2, 0) is 24.3 Å². The molecule has 1 aromatic carbocycles. The molecular weight excluding hydrogens is 408 g/mol. The van der Waals surface area contributed by atoms with Crippen molar-refractivity contribution in [1.82, 2.24) is 9.62 Å². The Bertz CT molecular complexity index is 804. The van der Waals surface area contributed by atoms with Gasteiger partial charge in [0.15, 0.2) is 6.61 Å². The quantitative estimate of drug-likeness (QED) is 0.597. The van der Waals surface area contributed by atoms with E-state index in [0.29, 0.717) is 19.7 Å². The van der Waals surface area contributed by atoms with Crippen molar-refractivity contribution in [2.24, 2.45) is 0 Å². The number of rotatable bonds is 9. The average molecular weight is 433 g/mol. The van der Waals surface area contributed by atoms with E-state index in [9.17, 15) is 18.0 Å². The number of nitrogens with zero attached hydrogens (tertiary/aromatic N) is 1. The zero-order chi connectivity index (χ0) is 20.7. The molecule has 1 fully saturated rings. The highest BCUT2D eigenvalue weighted by atomic mass is 35.5. The molecule has 1 amide bonds. The Hall–Kier alpha value is -1.68. The first kappa shape index (κ1) is 22.6. The summed E-state index contributed by atoms with van der Waals surface area (Å²) in [7, 11) is -3.93. The van der Waals surface area contributed by atoms with Gasteiger partial charge in [-0.3, -0.25) is 4.79 Å². The molecule has 10 heteroatoms. The third-order valence-electron chi connectivity index (χ3n) is 4.42. The molecule has 1 aliphatic heterocycles. The van der Waals surface area contributed by atoms with Crippen LogP contribution >= 0.6 is 11.6 Å². The zero-order valence-corrected chi connectivity index (χ0v) is 17.5. The van der Waals surface area contributed by atoms with E-state index in [1.54, 1.807) is 0 Å². The number of carbonyl (C=O) groups excluding carboxylic acids is 2. The van der Waals surface area contributed by atoms with Gasteiger partial charge in [-0.05, 0) is 44.9 Å². The van der Waals surface area contributed by atoms with E-state index in [1.807, 2.05) is 13.8 Å². The summed E-state index contributed by atoms with van der Waals surface area (Å²) in [5.74, 6) is -1.12. The highest BCUT2D eigenvalue weighted by Crippen LogP contribution is 2.23. The van der Waals surface area contributed by atoms with Gasteiger partial charge in [0.05, 0.1) is 16.7 Å². The molecule has 2 rings (SSSR count). The summed E-state index contributed by atoms with van der Waals surface area (Å²) < 4.78 is 38.0. The largest absolute Gasteiger partial charge is 0.452 e. The van der Waals surface area contributed by atoms with E-state index in [2.05, 4.69) is 4.72 Å². The van der Waals surface area contributed by atoms with Gasteiger partial charge >= 0.3 is 5.97 Å². The lowest BCUT2D eigenvalue weighted by Crippen LogP contribution is -2.34. The van der Waals surface area contributed by atoms with Crippen LogP contribution in [0.15, 0.2) is 23.1 Å². The summed E-state index contributed by atoms with van der Waals surface area (Å²) >= 11 is 6.02. The molecule has 8 nitrogen and oxygen atoms in total. The van der Waals surface area contributed by atoms with E-state index in [0.717, 1.165) is 18.9 Å². The summed E-state index contributed by atoms with van der Waals surface area (Å²) in [6.07, 6.45) is 1.50. The van der Waals surface area contributed by atoms with Crippen LogP contribution < -0.4 is 4.72 Å². The number of carbonyl (C=O) groups is 2. The molecule has 1 heterocycles. The van der Waals surface area contributed by atoms with Crippen LogP contribution in [0.4, 0.5) is 0 Å². The van der Waals surface area contributed by atoms with Gasteiger partial charge in [0.1, 0.15) is 4.90 Å². The highest BCUT2D eigenvalue weighted by Gasteiger charge is 2.24. The number of hydrogen-bond donors (Lipinski definition) is 1. The molecule has 0 bridgehead atoms. The first-order valence-electron chi connectivity index (χ1n) is 9.14. The fraction of sp³-hybridized carbons (Fsp3) is 0.556. The minimum atomic E-state index is -3.93. The molecule has 0 aliphatic carbocycles. The second-order valence-corrected chi connectivity index (χ2v) is 8.42. The summed E-state index contributed by atoms with van der Waals surface area (Å²) in [5, 5.41) is -0.0180. The molecular formula is C18H25ClN2O6S. The summed E-state index contributed by atoms with van der Waals surface area (Å²) in [5.41, 5.74) is -0.00533. The Morgan fingerprint density at radius 3 is 2.64 bits per heavy atom. The van der Waals surface area contributed by atoms with Crippen LogP contribution in [0.3, 0.4) is 0 Å². The number of likely N-dealkylation sites (N-methyl/N-ethyl adjacent to an activating group) is 1. The third kappa shape index (κ3) is 5.91. The van der Waals surface area contributed by atoms with Gasteiger partial charge in [0, 0.05) is 26.2 Å². The van der Waals surface area contributed by atoms with Crippen LogP contribution in [0, 0.1) is 0 Å². The molecule has 28 heavy (non-hydrogen) atoms. The van der Waals surface area contributed by atoms with Gasteiger partial charge in [-0.15, -0.1) is 0 Å². The Kier molecular flexibility index (Phi) is 8.23. The van der Waals surface area contributed by atoms with E-state index < -0.39 is 22.6 Å². The first-order chi connectivity index (χ1) is 13.3. The second kappa shape index (κ2) is 10.2. The van der Waals surface area contributed by atoms with Crippen LogP contribution in [0.2, 0.25) is 5.02 Å². The number of benzene rings is 1. The molecule has 0 spiro atoms. The van der Waals surface area contributed by atoms with Crippen molar-refractivity contribution >= 4 is 33.5 Å². The van der Waals surface area contributed by atoms with Crippen LogP contribution in [0.1, 0.15) is 37.0 Å². The Labute approximate surface area is 170 Å². The number of esters is 1. The van der Waals surface area contributed by atoms with Gasteiger partial charge < -0.3 is 14.4 Å². The predicted molar refractivity (Wildman–Crippen MR) is 104 cm³/mol. The van der Waals surface area contributed by atoms with E-state index in [-0.39, 0.29) is 34.0 Å². The van der Waals surface area contributed by atoms with Crippen LogP contribution in [-0.4, -0.2) is 64.1 Å². The van der Waals surface area contributed by atoms with E-state index >= 15 is 0 Å². The average Bonchev–Trinajstić information content (AvgIpc) is 3.19. The Balaban J connectivity index is 2.06. The lowest BCUT2D eigenvalue weighted by atomic mass is 10.2. The van der Waals surface area contributed by atoms with Gasteiger partial charge in [-0.1, -0.05) is 11.6 Å². The third-order valence-corrected chi connectivity index (χ3v) is 6.33. The number of nitrogens with one attached hydrogen (secondary N) is 1. The van der Waals surface area contributed by atoms with Crippen molar-refractivity contribution in [2.45, 2.75) is 37.7 Å². The Morgan fingerprint density at radius 2 is 2.04 bits per heavy atom. The van der Waals surface area contributed by atoms with Crippen molar-refractivity contribution in [3.05, 3.63) is 28.8 Å². The second-order valence-electron chi connectivity index (χ2n) is 6.27. The maximum Gasteiger partial charge on any atom is 0.338 e. The lowest BCUT2D eigenvalue weighted by molar-refractivity contribution is -0.134. The fourth-order valence-electron chi connectivity index (χ4n) is 2.80. The monoisotopic (exact) mass is 432 g/mol.